The number of hydrogen-bond acceptors (Lipinski definition) is 4. The van der Waals surface area contributed by atoms with E-state index in [0.29, 0.717) is 21.8 Å². The molecular weight excluding hydrogens is 442 g/mol. The first-order valence-electron chi connectivity index (χ1n) is 7.96. The van der Waals surface area contributed by atoms with Crippen molar-refractivity contribution < 1.29 is 9.59 Å². The minimum Gasteiger partial charge on any atom is -0.285 e. The fourth-order valence-corrected chi connectivity index (χ4v) is 4.21. The molecule has 0 aliphatic carbocycles. The zero-order chi connectivity index (χ0) is 20.0. The zero-order valence-corrected chi connectivity index (χ0v) is 16.9. The predicted molar refractivity (Wildman–Crippen MR) is 112 cm³/mol. The summed E-state index contributed by atoms with van der Waals surface area (Å²) < 4.78 is 0. The lowest BCUT2D eigenvalue weighted by Gasteiger charge is -2.11. The molecule has 2 aromatic heterocycles. The Hall–Kier alpha value is -2.24. The van der Waals surface area contributed by atoms with Crippen LogP contribution in [0, 0.1) is 0 Å². The van der Waals surface area contributed by atoms with Gasteiger partial charge < -0.3 is 0 Å². The molecule has 8 heteroatoms. The average Bonchev–Trinajstić information content (AvgIpc) is 2.67. The van der Waals surface area contributed by atoms with Crippen molar-refractivity contribution in [2.75, 3.05) is 0 Å². The Balaban J connectivity index is 1.89. The molecule has 0 saturated carbocycles. The fraction of sp³-hybridized carbons (Fsp3) is 0. The molecule has 4 aromatic rings. The maximum Gasteiger partial charge on any atom is 0.238 e. The number of pyridine rings is 2. The third-order valence-electron chi connectivity index (χ3n) is 4.23. The standard InChI is InChI=1S/C20H8Cl4N2O2/c21-15-9-5-1-3-7-11(9)25-19(23)13(15)17(27)18(28)14-16(22)10-6-2-4-8-12(10)26-20(14)24/h1-8H. The van der Waals surface area contributed by atoms with Crippen molar-refractivity contribution in [2.45, 2.75) is 0 Å². The molecule has 0 N–H and O–H groups in total. The summed E-state index contributed by atoms with van der Waals surface area (Å²) in [7, 11) is 0. The molecule has 0 aliphatic rings. The molecule has 0 atom stereocenters. The van der Waals surface area contributed by atoms with Gasteiger partial charge in [0.1, 0.15) is 10.3 Å². The van der Waals surface area contributed by atoms with Crippen molar-refractivity contribution in [3.63, 3.8) is 0 Å². The van der Waals surface area contributed by atoms with E-state index >= 15 is 0 Å². The van der Waals surface area contributed by atoms with Crippen molar-refractivity contribution in [2.24, 2.45) is 0 Å². The van der Waals surface area contributed by atoms with Gasteiger partial charge in [-0.05, 0) is 12.1 Å². The van der Waals surface area contributed by atoms with E-state index in [2.05, 4.69) is 9.97 Å². The smallest absolute Gasteiger partial charge is 0.238 e. The molecule has 0 bridgehead atoms. The molecule has 2 heterocycles. The highest BCUT2D eigenvalue weighted by atomic mass is 35.5. The van der Waals surface area contributed by atoms with Gasteiger partial charge in [0.15, 0.2) is 0 Å². The van der Waals surface area contributed by atoms with Gasteiger partial charge in [0.25, 0.3) is 0 Å². The molecule has 4 nitrogen and oxygen atoms in total. The van der Waals surface area contributed by atoms with E-state index in [0.717, 1.165) is 0 Å². The van der Waals surface area contributed by atoms with Crippen molar-refractivity contribution >= 4 is 79.8 Å². The number of rotatable bonds is 3. The van der Waals surface area contributed by atoms with Crippen LogP contribution in [0.25, 0.3) is 21.8 Å². The summed E-state index contributed by atoms with van der Waals surface area (Å²) in [6, 6.07) is 13.7. The monoisotopic (exact) mass is 448 g/mol. The molecule has 4 rings (SSSR count). The number of carbonyl (C=O) groups is 2. The topological polar surface area (TPSA) is 59.9 Å². The minimum atomic E-state index is -0.964. The number of para-hydroxylation sites is 2. The van der Waals surface area contributed by atoms with Gasteiger partial charge in [-0.2, -0.15) is 0 Å². The van der Waals surface area contributed by atoms with Crippen LogP contribution in [0.3, 0.4) is 0 Å². The molecule has 0 amide bonds. The zero-order valence-electron chi connectivity index (χ0n) is 13.8. The number of aromatic nitrogens is 2. The highest BCUT2D eigenvalue weighted by molar-refractivity contribution is 6.59. The lowest BCUT2D eigenvalue weighted by atomic mass is 10.0. The van der Waals surface area contributed by atoms with Crippen LogP contribution < -0.4 is 0 Å². The van der Waals surface area contributed by atoms with Crippen LogP contribution in [0.1, 0.15) is 20.7 Å². The van der Waals surface area contributed by atoms with Gasteiger partial charge >= 0.3 is 0 Å². The van der Waals surface area contributed by atoms with Crippen LogP contribution in [0.4, 0.5) is 0 Å². The second-order valence-corrected chi connectivity index (χ2v) is 7.35. The van der Waals surface area contributed by atoms with Gasteiger partial charge in [0.2, 0.25) is 11.6 Å². The summed E-state index contributed by atoms with van der Waals surface area (Å²) in [6.45, 7) is 0. The first-order chi connectivity index (χ1) is 13.4. The largest absolute Gasteiger partial charge is 0.285 e. The maximum atomic E-state index is 13.0. The number of halogens is 4. The van der Waals surface area contributed by atoms with Crippen molar-refractivity contribution in [3.05, 3.63) is 80.0 Å². The molecule has 0 radical (unpaired) electrons. The number of Topliss-reactive ketones (excluding diaryl/α,β-unsaturated/α-hetero) is 2. The molecule has 0 unspecified atom stereocenters. The van der Waals surface area contributed by atoms with Gasteiger partial charge in [-0.15, -0.1) is 0 Å². The molecule has 0 aliphatic heterocycles. The number of ketones is 2. The maximum absolute atomic E-state index is 13.0. The van der Waals surface area contributed by atoms with E-state index < -0.39 is 11.6 Å². The third kappa shape index (κ3) is 3.03. The Bertz CT molecular complexity index is 1200. The van der Waals surface area contributed by atoms with Crippen molar-refractivity contribution in [1.29, 1.82) is 0 Å². The van der Waals surface area contributed by atoms with E-state index in [1.54, 1.807) is 48.5 Å². The Kier molecular flexibility index (Phi) is 4.98. The number of carbonyl (C=O) groups excluding carboxylic acids is 2. The summed E-state index contributed by atoms with van der Waals surface area (Å²) in [5.41, 5.74) is 0.606. The van der Waals surface area contributed by atoms with Gasteiger partial charge in [-0.3, -0.25) is 9.59 Å². The van der Waals surface area contributed by atoms with E-state index in [4.69, 9.17) is 46.4 Å². The molecule has 138 valence electrons. The Morgan fingerprint density at radius 3 is 1.36 bits per heavy atom. The van der Waals surface area contributed by atoms with Crippen LogP contribution in [0.2, 0.25) is 20.4 Å². The summed E-state index contributed by atoms with van der Waals surface area (Å²) in [5.74, 6) is -1.93. The Morgan fingerprint density at radius 1 is 0.607 bits per heavy atom. The second kappa shape index (κ2) is 7.30. The quantitative estimate of drug-likeness (QED) is 0.204. The predicted octanol–water partition coefficient (Wildman–Crippen LogP) is 6.46. The Labute approximate surface area is 179 Å². The van der Waals surface area contributed by atoms with Crippen LogP contribution in [0.5, 0.6) is 0 Å². The lowest BCUT2D eigenvalue weighted by Crippen LogP contribution is -2.18. The van der Waals surface area contributed by atoms with Crippen LogP contribution in [-0.2, 0) is 0 Å². The number of benzene rings is 2. The lowest BCUT2D eigenvalue weighted by molar-refractivity contribution is 0.0817. The summed E-state index contributed by atoms with van der Waals surface area (Å²) in [4.78, 5) is 34.2. The minimum absolute atomic E-state index is 0.0370. The molecule has 2 aromatic carbocycles. The van der Waals surface area contributed by atoms with Crippen LogP contribution in [0.15, 0.2) is 48.5 Å². The second-order valence-electron chi connectivity index (χ2n) is 5.88. The SMILES string of the molecule is O=C(C(=O)c1c(Cl)nc2ccccc2c1Cl)c1c(Cl)nc2ccccc2c1Cl. The number of fused-ring (bicyclic) bond motifs is 2. The first kappa shape index (κ1) is 19.1. The first-order valence-corrected chi connectivity index (χ1v) is 9.48. The number of nitrogens with zero attached hydrogens (tertiary/aromatic N) is 2. The van der Waals surface area contributed by atoms with E-state index in [1.165, 1.54) is 0 Å². The third-order valence-corrected chi connectivity index (χ3v) is 5.56. The van der Waals surface area contributed by atoms with Crippen LogP contribution in [-0.4, -0.2) is 21.5 Å². The van der Waals surface area contributed by atoms with Crippen molar-refractivity contribution in [3.8, 4) is 0 Å². The Morgan fingerprint density at radius 2 is 0.964 bits per heavy atom. The number of hydrogen-bond donors (Lipinski definition) is 0. The molecule has 0 fully saturated rings. The molecule has 28 heavy (non-hydrogen) atoms. The highest BCUT2D eigenvalue weighted by Gasteiger charge is 2.30. The highest BCUT2D eigenvalue weighted by Crippen LogP contribution is 2.35. The summed E-state index contributed by atoms with van der Waals surface area (Å²) >= 11 is 25.1. The molecule has 0 spiro atoms. The fourth-order valence-electron chi connectivity index (χ4n) is 2.90. The van der Waals surface area contributed by atoms with E-state index in [9.17, 15) is 9.59 Å². The van der Waals surface area contributed by atoms with Crippen molar-refractivity contribution in [1.82, 2.24) is 9.97 Å². The van der Waals surface area contributed by atoms with Crippen LogP contribution >= 0.6 is 46.4 Å². The van der Waals surface area contributed by atoms with E-state index in [-0.39, 0.29) is 31.5 Å². The van der Waals surface area contributed by atoms with Gasteiger partial charge in [0.05, 0.1) is 32.2 Å². The summed E-state index contributed by atoms with van der Waals surface area (Å²) in [6.07, 6.45) is 0. The summed E-state index contributed by atoms with van der Waals surface area (Å²) in [5, 5.41) is 0.716. The molecular formula is C20H8Cl4N2O2. The van der Waals surface area contributed by atoms with Gasteiger partial charge in [-0.1, -0.05) is 82.8 Å². The average molecular weight is 450 g/mol. The normalized spacial score (nSPS) is 11.1. The van der Waals surface area contributed by atoms with Gasteiger partial charge in [-0.25, -0.2) is 9.97 Å². The van der Waals surface area contributed by atoms with E-state index in [1.807, 2.05) is 0 Å². The molecule has 0 saturated heterocycles. The van der Waals surface area contributed by atoms with Gasteiger partial charge in [0, 0.05) is 10.8 Å².